The van der Waals surface area contributed by atoms with Gasteiger partial charge < -0.3 is 24.1 Å². The summed E-state index contributed by atoms with van der Waals surface area (Å²) in [6.45, 7) is 3.74. The van der Waals surface area contributed by atoms with E-state index in [0.29, 0.717) is 36.9 Å². The predicted molar refractivity (Wildman–Crippen MR) is 139 cm³/mol. The maximum absolute atomic E-state index is 14.5. The van der Waals surface area contributed by atoms with E-state index in [4.69, 9.17) is 13.9 Å². The lowest BCUT2D eigenvalue weighted by Crippen LogP contribution is -2.59. The van der Waals surface area contributed by atoms with Crippen molar-refractivity contribution in [1.82, 2.24) is 20.4 Å². The maximum Gasteiger partial charge on any atom is 0.430 e. The fourth-order valence-electron chi connectivity index (χ4n) is 6.23. The predicted octanol–water partition coefficient (Wildman–Crippen LogP) is 4.75. The SMILES string of the molecule is CO[C@@](C(=O)N1CCC2(CCNCC2c2ccccc2OCc2nnc(C)o2)CC1)(c1ccccc1)C(F)(F)F. The molecule has 2 atom stereocenters. The molecule has 1 unspecified atom stereocenters. The second-order valence-electron chi connectivity index (χ2n) is 10.5. The first-order valence-corrected chi connectivity index (χ1v) is 13.4. The molecule has 1 amide bonds. The van der Waals surface area contributed by atoms with Gasteiger partial charge in [-0.1, -0.05) is 48.5 Å². The van der Waals surface area contributed by atoms with Crippen LogP contribution in [0.3, 0.4) is 0 Å². The Bertz CT molecular complexity index is 1310. The molecule has 3 aromatic rings. The summed E-state index contributed by atoms with van der Waals surface area (Å²) in [6.07, 6.45) is -2.96. The van der Waals surface area contributed by atoms with Crippen LogP contribution in [-0.4, -0.2) is 60.5 Å². The van der Waals surface area contributed by atoms with Crippen LogP contribution in [0.2, 0.25) is 0 Å². The van der Waals surface area contributed by atoms with Gasteiger partial charge in [0, 0.05) is 45.1 Å². The zero-order chi connectivity index (χ0) is 28.4. The molecule has 3 heterocycles. The fourth-order valence-corrected chi connectivity index (χ4v) is 6.23. The molecule has 214 valence electrons. The molecule has 2 saturated heterocycles. The van der Waals surface area contributed by atoms with Crippen LogP contribution in [0, 0.1) is 12.3 Å². The Morgan fingerprint density at radius 2 is 1.77 bits per heavy atom. The highest BCUT2D eigenvalue weighted by Crippen LogP contribution is 2.51. The van der Waals surface area contributed by atoms with Crippen LogP contribution >= 0.6 is 0 Å². The second kappa shape index (κ2) is 11.2. The topological polar surface area (TPSA) is 89.7 Å². The molecule has 8 nitrogen and oxygen atoms in total. The van der Waals surface area contributed by atoms with Crippen LogP contribution in [0.15, 0.2) is 59.0 Å². The molecule has 0 saturated carbocycles. The van der Waals surface area contributed by atoms with Crippen LogP contribution < -0.4 is 10.1 Å². The molecule has 11 heteroatoms. The molecule has 2 aromatic carbocycles. The Hall–Kier alpha value is -3.44. The lowest BCUT2D eigenvalue weighted by Gasteiger charge is -2.51. The number of hydrogen-bond acceptors (Lipinski definition) is 7. The van der Waals surface area contributed by atoms with Gasteiger partial charge in [-0.3, -0.25) is 4.79 Å². The lowest BCUT2D eigenvalue weighted by atomic mass is 9.62. The number of aromatic nitrogens is 2. The summed E-state index contributed by atoms with van der Waals surface area (Å²) in [6, 6.07) is 14.9. The van der Waals surface area contributed by atoms with E-state index in [1.807, 2.05) is 24.3 Å². The minimum absolute atomic E-state index is 0.0445. The summed E-state index contributed by atoms with van der Waals surface area (Å²) < 4.78 is 60.2. The van der Waals surface area contributed by atoms with Crippen LogP contribution in [0.25, 0.3) is 0 Å². The van der Waals surface area contributed by atoms with E-state index in [1.54, 1.807) is 13.0 Å². The van der Waals surface area contributed by atoms with E-state index >= 15 is 0 Å². The number of ether oxygens (including phenoxy) is 2. The number of benzene rings is 2. The minimum Gasteiger partial charge on any atom is -0.484 e. The number of aryl methyl sites for hydroxylation is 1. The molecule has 5 rings (SSSR count). The number of nitrogens with one attached hydrogen (secondary N) is 1. The van der Waals surface area contributed by atoms with Crippen LogP contribution in [-0.2, 0) is 21.7 Å². The van der Waals surface area contributed by atoms with Crippen molar-refractivity contribution in [3.05, 3.63) is 77.5 Å². The van der Waals surface area contributed by atoms with Crippen LogP contribution in [0.1, 0.15) is 48.1 Å². The van der Waals surface area contributed by atoms with Crippen molar-refractivity contribution in [2.75, 3.05) is 33.3 Å². The zero-order valence-corrected chi connectivity index (χ0v) is 22.5. The Morgan fingerprint density at radius 1 is 1.07 bits per heavy atom. The summed E-state index contributed by atoms with van der Waals surface area (Å²) in [5.74, 6) is 0.499. The lowest BCUT2D eigenvalue weighted by molar-refractivity contribution is -0.271. The molecular weight excluding hydrogens is 525 g/mol. The number of carbonyl (C=O) groups excluding carboxylic acids is 1. The highest BCUT2D eigenvalue weighted by Gasteiger charge is 2.64. The first kappa shape index (κ1) is 28.1. The highest BCUT2D eigenvalue weighted by molar-refractivity contribution is 5.88. The zero-order valence-electron chi connectivity index (χ0n) is 22.5. The third kappa shape index (κ3) is 5.08. The number of carbonyl (C=O) groups is 1. The number of nitrogens with zero attached hydrogens (tertiary/aromatic N) is 3. The molecular formula is C29H33F3N4O4. The van der Waals surface area contributed by atoms with Crippen LogP contribution in [0.4, 0.5) is 13.2 Å². The second-order valence-corrected chi connectivity index (χ2v) is 10.5. The van der Waals surface area contributed by atoms with Gasteiger partial charge >= 0.3 is 6.18 Å². The normalized spacial score (nSPS) is 20.7. The van der Waals surface area contributed by atoms with Crippen molar-refractivity contribution in [2.24, 2.45) is 5.41 Å². The number of rotatable bonds is 7. The first-order valence-electron chi connectivity index (χ1n) is 13.4. The van der Waals surface area contributed by atoms with Gasteiger partial charge in [-0.05, 0) is 42.9 Å². The van der Waals surface area contributed by atoms with Gasteiger partial charge in [-0.15, -0.1) is 10.2 Å². The Morgan fingerprint density at radius 3 is 2.42 bits per heavy atom. The Balaban J connectivity index is 1.37. The van der Waals surface area contributed by atoms with Gasteiger partial charge in [0.15, 0.2) is 6.61 Å². The van der Waals surface area contributed by atoms with Crippen molar-refractivity contribution in [2.45, 2.75) is 50.5 Å². The smallest absolute Gasteiger partial charge is 0.430 e. The highest BCUT2D eigenvalue weighted by atomic mass is 19.4. The summed E-state index contributed by atoms with van der Waals surface area (Å²) in [5, 5.41) is 11.3. The number of halogens is 3. The van der Waals surface area contributed by atoms with E-state index < -0.39 is 17.7 Å². The van der Waals surface area contributed by atoms with Crippen molar-refractivity contribution >= 4 is 5.91 Å². The maximum atomic E-state index is 14.5. The largest absolute Gasteiger partial charge is 0.484 e. The van der Waals surface area contributed by atoms with Crippen molar-refractivity contribution in [3.63, 3.8) is 0 Å². The van der Waals surface area contributed by atoms with Gasteiger partial charge in [0.05, 0.1) is 0 Å². The number of likely N-dealkylation sites (tertiary alicyclic amines) is 1. The molecule has 0 radical (unpaired) electrons. The summed E-state index contributed by atoms with van der Waals surface area (Å²) in [7, 11) is 0.944. The van der Waals surface area contributed by atoms with Gasteiger partial charge in [-0.2, -0.15) is 13.2 Å². The molecule has 1 spiro atoms. The number of para-hydroxylation sites is 1. The number of alkyl halides is 3. The molecule has 2 aliphatic heterocycles. The van der Waals surface area contributed by atoms with E-state index in [-0.39, 0.29) is 36.6 Å². The number of amides is 1. The van der Waals surface area contributed by atoms with Crippen LogP contribution in [0.5, 0.6) is 5.75 Å². The molecule has 1 N–H and O–H groups in total. The number of hydrogen-bond donors (Lipinski definition) is 1. The standard InChI is InChI=1S/C29H33F3N4O4/c1-20-34-35-25(40-20)19-39-24-11-7-6-10-22(24)23-18-33-15-12-27(23)13-16-36(17-14-27)26(37)28(38-2,29(30,31)32)21-8-4-3-5-9-21/h3-11,23,33H,12-19H2,1-2H3/t23?,28-/m1/s1. The molecule has 2 aliphatic rings. The van der Waals surface area contributed by atoms with Crippen molar-refractivity contribution in [3.8, 4) is 5.75 Å². The summed E-state index contributed by atoms with van der Waals surface area (Å²) >= 11 is 0. The van der Waals surface area contributed by atoms with Gasteiger partial charge in [0.25, 0.3) is 17.4 Å². The van der Waals surface area contributed by atoms with Crippen molar-refractivity contribution < 1.29 is 31.9 Å². The quantitative estimate of drug-likeness (QED) is 0.448. The fraction of sp³-hybridized carbons (Fsp3) is 0.483. The summed E-state index contributed by atoms with van der Waals surface area (Å²) in [4.78, 5) is 14.9. The average Bonchev–Trinajstić information content (AvgIpc) is 3.38. The molecule has 0 aliphatic carbocycles. The number of piperidine rings is 2. The van der Waals surface area contributed by atoms with Gasteiger partial charge in [0.2, 0.25) is 5.89 Å². The van der Waals surface area contributed by atoms with E-state index in [2.05, 4.69) is 15.5 Å². The van der Waals surface area contributed by atoms with Crippen molar-refractivity contribution in [1.29, 1.82) is 0 Å². The average molecular weight is 559 g/mol. The number of methoxy groups -OCH3 is 1. The minimum atomic E-state index is -4.93. The molecule has 2 fully saturated rings. The van der Waals surface area contributed by atoms with E-state index in [1.165, 1.54) is 29.2 Å². The first-order chi connectivity index (χ1) is 19.2. The summed E-state index contributed by atoms with van der Waals surface area (Å²) in [5.41, 5.74) is -2.47. The molecule has 0 bridgehead atoms. The third-order valence-electron chi connectivity index (χ3n) is 8.33. The molecule has 40 heavy (non-hydrogen) atoms. The van der Waals surface area contributed by atoms with E-state index in [9.17, 15) is 18.0 Å². The molecule has 1 aromatic heterocycles. The van der Waals surface area contributed by atoms with E-state index in [0.717, 1.165) is 25.6 Å². The van der Waals surface area contributed by atoms with Gasteiger partial charge in [0.1, 0.15) is 5.75 Å². The Labute approximate surface area is 230 Å². The monoisotopic (exact) mass is 558 g/mol. The Kier molecular flexibility index (Phi) is 7.87. The third-order valence-corrected chi connectivity index (χ3v) is 8.33. The van der Waals surface area contributed by atoms with Gasteiger partial charge in [-0.25, -0.2) is 0 Å².